The number of nitrogens with one attached hydrogen (secondary N) is 1. The molecule has 1 unspecified atom stereocenters. The zero-order valence-electron chi connectivity index (χ0n) is 9.35. The first-order valence-electron chi connectivity index (χ1n) is 5.67. The molecule has 17 heavy (non-hydrogen) atoms. The van der Waals surface area contributed by atoms with Crippen LogP contribution < -0.4 is 11.4 Å². The molecule has 1 aromatic rings. The van der Waals surface area contributed by atoms with Crippen LogP contribution in [-0.4, -0.2) is 21.0 Å². The van der Waals surface area contributed by atoms with Crippen molar-refractivity contribution in [3.05, 3.63) is 22.2 Å². The molecule has 1 aliphatic carbocycles. The summed E-state index contributed by atoms with van der Waals surface area (Å²) in [5, 5.41) is 9.29. The van der Waals surface area contributed by atoms with E-state index in [0.717, 1.165) is 25.7 Å². The number of anilines is 1. The molecular formula is C11H15N3O3. The van der Waals surface area contributed by atoms with E-state index in [0.29, 0.717) is 5.69 Å². The normalized spacial score (nSPS) is 18.1. The van der Waals surface area contributed by atoms with E-state index in [-0.39, 0.29) is 11.7 Å². The minimum absolute atomic E-state index is 0.0630. The number of hydrogen-bond acceptors (Lipinski definition) is 4. The predicted octanol–water partition coefficient (Wildman–Crippen LogP) is 0.710. The second-order valence-corrected chi connectivity index (χ2v) is 4.43. The predicted molar refractivity (Wildman–Crippen MR) is 61.6 cm³/mol. The maximum absolute atomic E-state index is 11.3. The molecule has 1 aliphatic rings. The molecule has 1 saturated carbocycles. The number of hydrogen-bond donors (Lipinski definition) is 3. The van der Waals surface area contributed by atoms with Crippen molar-refractivity contribution < 1.29 is 9.90 Å². The molecule has 1 aromatic heterocycles. The molecule has 1 atom stereocenters. The second kappa shape index (κ2) is 4.57. The van der Waals surface area contributed by atoms with Crippen LogP contribution in [0.3, 0.4) is 0 Å². The lowest BCUT2D eigenvalue weighted by atomic mass is 9.88. The number of rotatable bonds is 3. The van der Waals surface area contributed by atoms with E-state index >= 15 is 0 Å². The lowest BCUT2D eigenvalue weighted by Gasteiger charge is -2.18. The van der Waals surface area contributed by atoms with E-state index in [4.69, 9.17) is 5.73 Å². The smallest absolute Gasteiger partial charge is 0.347 e. The van der Waals surface area contributed by atoms with Crippen molar-refractivity contribution >= 4 is 11.8 Å². The number of nitrogens with zero attached hydrogens (tertiary/aromatic N) is 1. The summed E-state index contributed by atoms with van der Waals surface area (Å²) >= 11 is 0. The summed E-state index contributed by atoms with van der Waals surface area (Å²) in [4.78, 5) is 28.5. The van der Waals surface area contributed by atoms with Crippen molar-refractivity contribution in [2.75, 3.05) is 5.73 Å². The number of nitrogens with two attached hydrogens (primary N) is 1. The van der Waals surface area contributed by atoms with Gasteiger partial charge in [0.2, 0.25) is 0 Å². The van der Waals surface area contributed by atoms with Crippen LogP contribution in [0.4, 0.5) is 5.82 Å². The third-order valence-corrected chi connectivity index (χ3v) is 3.26. The van der Waals surface area contributed by atoms with Crippen molar-refractivity contribution in [1.82, 2.24) is 9.97 Å². The van der Waals surface area contributed by atoms with Crippen LogP contribution in [0.1, 0.15) is 37.3 Å². The zero-order chi connectivity index (χ0) is 12.4. The Labute approximate surface area is 97.9 Å². The van der Waals surface area contributed by atoms with Gasteiger partial charge in [-0.3, -0.25) is 4.79 Å². The lowest BCUT2D eigenvalue weighted by molar-refractivity contribution is -0.140. The maximum Gasteiger partial charge on any atom is 0.347 e. The summed E-state index contributed by atoms with van der Waals surface area (Å²) in [5.41, 5.74) is 5.24. The molecule has 1 heterocycles. The summed E-state index contributed by atoms with van der Waals surface area (Å²) in [6.45, 7) is 0. The lowest BCUT2D eigenvalue weighted by Crippen LogP contribution is -2.25. The molecule has 4 N–H and O–H groups in total. The SMILES string of the molecule is Nc1cc(C(C(=O)O)C2CCCC2)[nH]c(=O)n1. The molecular weight excluding hydrogens is 222 g/mol. The summed E-state index contributed by atoms with van der Waals surface area (Å²) in [5.74, 6) is -1.47. The molecule has 6 heteroatoms. The van der Waals surface area contributed by atoms with Gasteiger partial charge >= 0.3 is 11.7 Å². The van der Waals surface area contributed by atoms with Crippen molar-refractivity contribution in [2.45, 2.75) is 31.6 Å². The Balaban J connectivity index is 2.38. The Bertz CT molecular complexity index is 477. The molecule has 0 radical (unpaired) electrons. The van der Waals surface area contributed by atoms with Crippen LogP contribution in [0.5, 0.6) is 0 Å². The second-order valence-electron chi connectivity index (χ2n) is 4.43. The van der Waals surface area contributed by atoms with Gasteiger partial charge in [-0.25, -0.2) is 4.79 Å². The van der Waals surface area contributed by atoms with E-state index in [9.17, 15) is 14.7 Å². The van der Waals surface area contributed by atoms with E-state index in [2.05, 4.69) is 9.97 Å². The number of aromatic amines is 1. The minimum atomic E-state index is -0.918. The van der Waals surface area contributed by atoms with Gasteiger partial charge in [-0.15, -0.1) is 0 Å². The number of aliphatic carboxylic acids is 1. The highest BCUT2D eigenvalue weighted by atomic mass is 16.4. The standard InChI is InChI=1S/C11H15N3O3/c12-8-5-7(13-11(17)14-8)9(10(15)16)6-3-1-2-4-6/h5-6,9H,1-4H2,(H,15,16)(H3,12,13,14,17). The van der Waals surface area contributed by atoms with E-state index in [1.54, 1.807) is 0 Å². The third-order valence-electron chi connectivity index (χ3n) is 3.26. The number of nitrogen functional groups attached to an aromatic ring is 1. The molecule has 92 valence electrons. The van der Waals surface area contributed by atoms with Gasteiger partial charge < -0.3 is 15.8 Å². The Morgan fingerprint density at radius 2 is 2.18 bits per heavy atom. The summed E-state index contributed by atoms with van der Waals surface area (Å²) in [6, 6.07) is 1.44. The molecule has 0 aromatic carbocycles. The Kier molecular flexibility index (Phi) is 3.12. The maximum atomic E-state index is 11.3. The van der Waals surface area contributed by atoms with Crippen LogP contribution >= 0.6 is 0 Å². The first-order chi connectivity index (χ1) is 8.08. The number of carboxylic acid groups (broad SMARTS) is 1. The molecule has 1 fully saturated rings. The van der Waals surface area contributed by atoms with Crippen LogP contribution in [0.25, 0.3) is 0 Å². The van der Waals surface area contributed by atoms with Crippen LogP contribution in [-0.2, 0) is 4.79 Å². The molecule has 0 saturated heterocycles. The monoisotopic (exact) mass is 237 g/mol. The van der Waals surface area contributed by atoms with Gasteiger partial charge in [0.15, 0.2) is 0 Å². The largest absolute Gasteiger partial charge is 0.481 e. The van der Waals surface area contributed by atoms with Gasteiger partial charge in [0, 0.05) is 11.8 Å². The van der Waals surface area contributed by atoms with E-state index in [1.165, 1.54) is 6.07 Å². The number of aromatic nitrogens is 2. The first-order valence-corrected chi connectivity index (χ1v) is 5.67. The average Bonchev–Trinajstić information content (AvgIpc) is 2.68. The van der Waals surface area contributed by atoms with Crippen molar-refractivity contribution in [3.8, 4) is 0 Å². The quantitative estimate of drug-likeness (QED) is 0.717. The molecule has 0 spiro atoms. The third kappa shape index (κ3) is 2.46. The highest BCUT2D eigenvalue weighted by Crippen LogP contribution is 2.36. The van der Waals surface area contributed by atoms with Gasteiger partial charge in [0.25, 0.3) is 0 Å². The first kappa shape index (κ1) is 11.6. The summed E-state index contributed by atoms with van der Waals surface area (Å²) in [6.07, 6.45) is 3.83. The fourth-order valence-electron chi connectivity index (χ4n) is 2.54. The molecule has 2 rings (SSSR count). The van der Waals surface area contributed by atoms with Gasteiger partial charge in [-0.05, 0) is 18.8 Å². The fraction of sp³-hybridized carbons (Fsp3) is 0.545. The fourth-order valence-corrected chi connectivity index (χ4v) is 2.54. The van der Waals surface area contributed by atoms with Crippen LogP contribution in [0.15, 0.2) is 10.9 Å². The molecule has 6 nitrogen and oxygen atoms in total. The van der Waals surface area contributed by atoms with Crippen molar-refractivity contribution in [1.29, 1.82) is 0 Å². The number of carbonyl (C=O) groups is 1. The Morgan fingerprint density at radius 1 is 1.53 bits per heavy atom. The topological polar surface area (TPSA) is 109 Å². The molecule has 0 aliphatic heterocycles. The summed E-state index contributed by atoms with van der Waals surface area (Å²) in [7, 11) is 0. The summed E-state index contributed by atoms with van der Waals surface area (Å²) < 4.78 is 0. The molecule has 0 amide bonds. The van der Waals surface area contributed by atoms with E-state index in [1.807, 2.05) is 0 Å². The Morgan fingerprint density at radius 3 is 2.71 bits per heavy atom. The van der Waals surface area contributed by atoms with Gasteiger partial charge in [-0.2, -0.15) is 4.98 Å². The zero-order valence-corrected chi connectivity index (χ0v) is 9.35. The van der Waals surface area contributed by atoms with Gasteiger partial charge in [0.1, 0.15) is 5.82 Å². The van der Waals surface area contributed by atoms with Crippen molar-refractivity contribution in [3.63, 3.8) is 0 Å². The van der Waals surface area contributed by atoms with Gasteiger partial charge in [0.05, 0.1) is 5.92 Å². The molecule has 0 bridgehead atoms. The van der Waals surface area contributed by atoms with Crippen molar-refractivity contribution in [2.24, 2.45) is 5.92 Å². The highest BCUT2D eigenvalue weighted by molar-refractivity contribution is 5.76. The average molecular weight is 237 g/mol. The highest BCUT2D eigenvalue weighted by Gasteiger charge is 2.32. The minimum Gasteiger partial charge on any atom is -0.481 e. The van der Waals surface area contributed by atoms with Crippen LogP contribution in [0, 0.1) is 5.92 Å². The number of H-pyrrole nitrogens is 1. The van der Waals surface area contributed by atoms with Gasteiger partial charge in [-0.1, -0.05) is 12.8 Å². The number of carboxylic acids is 1. The van der Waals surface area contributed by atoms with Crippen LogP contribution in [0.2, 0.25) is 0 Å². The van der Waals surface area contributed by atoms with E-state index < -0.39 is 17.6 Å². The Hall–Kier alpha value is -1.85.